The Morgan fingerprint density at radius 1 is 0.522 bits per heavy atom. The first-order valence-corrected chi connectivity index (χ1v) is 29.4. The monoisotopic (exact) mass is 986 g/mol. The average molecular weight is 986 g/mol. The molecule has 0 saturated heterocycles. The quantitative estimate of drug-likeness (QED) is 0.0205. The largest absolute Gasteiger partial charge is 0.472 e. The molecule has 0 aromatic rings. The highest BCUT2D eigenvalue weighted by atomic mass is 31.2. The molecule has 2 N–H and O–H groups in total. The Kier molecular flexibility index (Phi) is 46.8. The normalized spacial score (nSPS) is 14.5. The number of phosphoric ester groups is 1. The number of rotatable bonds is 49. The predicted molar refractivity (Wildman–Crippen MR) is 295 cm³/mol. The number of nitrogens with zero attached hydrogens (tertiary/aromatic N) is 1. The van der Waals surface area contributed by atoms with Crippen molar-refractivity contribution < 1.29 is 37.3 Å². The number of carbonyl (C=O) groups excluding carboxylic acids is 2. The summed E-state index contributed by atoms with van der Waals surface area (Å²) >= 11 is 0. The lowest BCUT2D eigenvalue weighted by molar-refractivity contribution is -0.870. The van der Waals surface area contributed by atoms with Gasteiger partial charge in [0.15, 0.2) is 0 Å². The number of ether oxygens (including phenoxy) is 1. The van der Waals surface area contributed by atoms with Crippen LogP contribution in [0.25, 0.3) is 0 Å². The summed E-state index contributed by atoms with van der Waals surface area (Å²) in [6.07, 6.45) is 62.9. The van der Waals surface area contributed by atoms with Crippen LogP contribution in [0.3, 0.4) is 0 Å². The van der Waals surface area contributed by atoms with Crippen LogP contribution in [-0.2, 0) is 27.9 Å². The van der Waals surface area contributed by atoms with Gasteiger partial charge in [-0.05, 0) is 102 Å². The predicted octanol–water partition coefficient (Wildman–Crippen LogP) is 16.7. The smallest absolute Gasteiger partial charge is 0.456 e. The van der Waals surface area contributed by atoms with Gasteiger partial charge in [0.05, 0.1) is 33.8 Å². The van der Waals surface area contributed by atoms with Crippen LogP contribution in [0.5, 0.6) is 0 Å². The molecule has 0 heterocycles. The maximum atomic E-state index is 13.4. The van der Waals surface area contributed by atoms with Crippen molar-refractivity contribution in [2.24, 2.45) is 0 Å². The number of allylic oxidation sites excluding steroid dienone is 13. The maximum absolute atomic E-state index is 13.4. The minimum Gasteiger partial charge on any atom is -0.456 e. The van der Waals surface area contributed by atoms with Gasteiger partial charge in [-0.25, -0.2) is 4.57 Å². The maximum Gasteiger partial charge on any atom is 0.472 e. The molecule has 0 aromatic carbocycles. The molecule has 398 valence electrons. The molecule has 0 aliphatic heterocycles. The fourth-order valence-electron chi connectivity index (χ4n) is 7.49. The Morgan fingerprint density at radius 2 is 0.928 bits per heavy atom. The number of likely N-dealkylation sites (N-methyl/N-ethyl adjacent to an activating group) is 1. The second kappa shape index (κ2) is 48.8. The van der Waals surface area contributed by atoms with Crippen molar-refractivity contribution in [1.29, 1.82) is 0 Å². The van der Waals surface area contributed by atoms with Crippen LogP contribution in [0.2, 0.25) is 0 Å². The number of hydrogen-bond donors (Lipinski definition) is 2. The second-order valence-corrected chi connectivity index (χ2v) is 21.2. The van der Waals surface area contributed by atoms with Gasteiger partial charge in [-0.3, -0.25) is 18.6 Å². The molecule has 9 nitrogen and oxygen atoms in total. The molecule has 0 aromatic heterocycles. The van der Waals surface area contributed by atoms with Gasteiger partial charge in [0.25, 0.3) is 0 Å². The molecule has 0 rings (SSSR count). The number of phosphoric acid groups is 1. The molecule has 3 atom stereocenters. The summed E-state index contributed by atoms with van der Waals surface area (Å²) < 4.78 is 30.5. The van der Waals surface area contributed by atoms with Gasteiger partial charge in [0.1, 0.15) is 19.3 Å². The Bertz CT molecular complexity index is 1460. The summed E-state index contributed by atoms with van der Waals surface area (Å²) in [6, 6.07) is -0.872. The highest BCUT2D eigenvalue weighted by Crippen LogP contribution is 2.43. The number of unbranched alkanes of at least 4 members (excludes halogenated alkanes) is 21. The van der Waals surface area contributed by atoms with Gasteiger partial charge < -0.3 is 19.4 Å². The Hall–Kier alpha value is -2.81. The molecule has 0 bridgehead atoms. The van der Waals surface area contributed by atoms with Crippen LogP contribution >= 0.6 is 7.82 Å². The van der Waals surface area contributed by atoms with E-state index in [-0.39, 0.29) is 31.5 Å². The molecule has 10 heteroatoms. The van der Waals surface area contributed by atoms with Gasteiger partial charge in [-0.1, -0.05) is 196 Å². The van der Waals surface area contributed by atoms with E-state index in [1.165, 1.54) is 83.5 Å². The minimum absolute atomic E-state index is 0.0284. The highest BCUT2D eigenvalue weighted by Gasteiger charge is 2.30. The van der Waals surface area contributed by atoms with Crippen LogP contribution in [0.4, 0.5) is 0 Å². The molecule has 69 heavy (non-hydrogen) atoms. The van der Waals surface area contributed by atoms with E-state index in [4.69, 9.17) is 13.8 Å². The zero-order valence-electron chi connectivity index (χ0n) is 45.3. The zero-order valence-corrected chi connectivity index (χ0v) is 46.2. The van der Waals surface area contributed by atoms with E-state index in [1.807, 2.05) is 33.3 Å². The average Bonchev–Trinajstić information content (AvgIpc) is 3.31. The van der Waals surface area contributed by atoms with E-state index in [9.17, 15) is 19.0 Å². The Labute approximate surface area is 425 Å². The van der Waals surface area contributed by atoms with E-state index < -0.39 is 20.0 Å². The molecule has 0 spiro atoms. The Balaban J connectivity index is 5.42. The number of carbonyl (C=O) groups is 2. The van der Waals surface area contributed by atoms with Gasteiger partial charge in [0.2, 0.25) is 5.91 Å². The van der Waals surface area contributed by atoms with Crippen molar-refractivity contribution in [2.75, 3.05) is 40.9 Å². The number of esters is 1. The summed E-state index contributed by atoms with van der Waals surface area (Å²) in [7, 11) is 1.46. The first kappa shape index (κ1) is 66.2. The summed E-state index contributed by atoms with van der Waals surface area (Å²) in [4.78, 5) is 37.5. The van der Waals surface area contributed by atoms with E-state index in [1.54, 1.807) is 0 Å². The third-order valence-electron chi connectivity index (χ3n) is 11.8. The van der Waals surface area contributed by atoms with Crippen LogP contribution in [-0.4, -0.2) is 74.3 Å². The van der Waals surface area contributed by atoms with Crippen molar-refractivity contribution in [1.82, 2.24) is 5.32 Å². The van der Waals surface area contributed by atoms with Crippen molar-refractivity contribution in [3.05, 3.63) is 85.1 Å². The standard InChI is InChI=1S/C59H105N2O7P/c1-7-10-13-16-19-22-25-27-28-29-30-31-32-34-37-40-43-46-49-52-59(63)68-57(50-47-44-41-38-35-24-21-18-15-12-9-3)56(55-67-69(64,65)66-54-53-61(4,5)6)60-58(62)51-48-45-42-39-36-33-26-23-20-17-14-11-8-2/h10,13,19,22,27-28,30-31,33-34,36-37,47,50,56-57H,7-9,11-12,14-18,20-21,23-26,29,32,35,38-46,48-49,51-55H2,1-6H3,(H-,60,62,64,65)/p+1/b13-10-,22-19-,28-27-,31-30-,36-33-,37-34-,50-47-. The highest BCUT2D eigenvalue weighted by molar-refractivity contribution is 7.47. The summed E-state index contributed by atoms with van der Waals surface area (Å²) in [5, 5.41) is 3.02. The molecule has 0 radical (unpaired) electrons. The lowest BCUT2D eigenvalue weighted by Gasteiger charge is -2.27. The Morgan fingerprint density at radius 3 is 1.41 bits per heavy atom. The lowest BCUT2D eigenvalue weighted by atomic mass is 10.1. The van der Waals surface area contributed by atoms with Crippen LogP contribution in [0.1, 0.15) is 226 Å². The number of hydrogen-bond acceptors (Lipinski definition) is 6. The van der Waals surface area contributed by atoms with Crippen LogP contribution in [0.15, 0.2) is 85.1 Å². The first-order valence-electron chi connectivity index (χ1n) is 27.9. The lowest BCUT2D eigenvalue weighted by Crippen LogP contribution is -2.47. The molecular weight excluding hydrogens is 880 g/mol. The third kappa shape index (κ3) is 49.9. The third-order valence-corrected chi connectivity index (χ3v) is 12.8. The van der Waals surface area contributed by atoms with E-state index in [0.29, 0.717) is 23.9 Å². The van der Waals surface area contributed by atoms with Gasteiger partial charge >= 0.3 is 13.8 Å². The molecule has 0 fully saturated rings. The first-order chi connectivity index (χ1) is 33.4. The van der Waals surface area contributed by atoms with E-state index in [2.05, 4.69) is 99.0 Å². The minimum atomic E-state index is -4.46. The van der Waals surface area contributed by atoms with Gasteiger partial charge in [-0.2, -0.15) is 0 Å². The summed E-state index contributed by atoms with van der Waals surface area (Å²) in [5.74, 6) is -0.567. The fourth-order valence-corrected chi connectivity index (χ4v) is 8.22. The van der Waals surface area contributed by atoms with Crippen molar-refractivity contribution in [3.63, 3.8) is 0 Å². The second-order valence-electron chi connectivity index (χ2n) is 19.7. The zero-order chi connectivity index (χ0) is 50.8. The van der Waals surface area contributed by atoms with Crippen molar-refractivity contribution in [3.8, 4) is 0 Å². The van der Waals surface area contributed by atoms with E-state index in [0.717, 1.165) is 103 Å². The fraction of sp³-hybridized carbons (Fsp3) is 0.729. The van der Waals surface area contributed by atoms with E-state index >= 15 is 0 Å². The van der Waals surface area contributed by atoms with Gasteiger partial charge in [-0.15, -0.1) is 0 Å². The molecule has 3 unspecified atom stereocenters. The van der Waals surface area contributed by atoms with Crippen LogP contribution < -0.4 is 5.32 Å². The summed E-state index contributed by atoms with van der Waals surface area (Å²) in [6.45, 7) is 6.83. The number of quaternary nitrogens is 1. The van der Waals surface area contributed by atoms with Gasteiger partial charge in [0, 0.05) is 12.8 Å². The van der Waals surface area contributed by atoms with Crippen LogP contribution in [0, 0.1) is 0 Å². The SMILES string of the molecule is CC/C=C\C/C=C\C/C=C\C/C=C\C/C=C\CCCCCC(=O)OC(/C=C\CCCCCCCCCCC)C(COP(=O)(O)OCC[N+](C)(C)C)NC(=O)CCCCC/C=C\CCCCCCCC. The molecule has 0 aliphatic carbocycles. The topological polar surface area (TPSA) is 111 Å². The molecular formula is C59H106N2O7P+. The molecule has 0 saturated carbocycles. The summed E-state index contributed by atoms with van der Waals surface area (Å²) in [5.41, 5.74) is 0. The number of amides is 1. The molecule has 0 aliphatic rings. The number of nitrogens with one attached hydrogen (secondary N) is 1. The molecule has 1 amide bonds. The van der Waals surface area contributed by atoms with Crippen molar-refractivity contribution >= 4 is 19.7 Å². The van der Waals surface area contributed by atoms with Crippen molar-refractivity contribution in [2.45, 2.75) is 238 Å².